The van der Waals surface area contributed by atoms with Crippen LogP contribution in [0.1, 0.15) is 55.2 Å². The van der Waals surface area contributed by atoms with Gasteiger partial charge in [0, 0.05) is 23.4 Å². The number of ether oxygens (including phenoxy) is 1. The van der Waals surface area contributed by atoms with Crippen LogP contribution in [0.5, 0.6) is 11.5 Å². The van der Waals surface area contributed by atoms with E-state index in [-0.39, 0.29) is 31.7 Å². The molecule has 0 atom stereocenters. The normalized spacial score (nSPS) is 13.1. The van der Waals surface area contributed by atoms with Crippen LogP contribution in [0.3, 0.4) is 0 Å². The highest BCUT2D eigenvalue weighted by atomic mass is 32.1. The van der Waals surface area contributed by atoms with E-state index in [1.54, 1.807) is 25.1 Å². The van der Waals surface area contributed by atoms with Gasteiger partial charge < -0.3 is 15.2 Å². The Labute approximate surface area is 216 Å². The first-order valence-electron chi connectivity index (χ1n) is 11.8. The van der Waals surface area contributed by atoms with Crippen LogP contribution in [0, 0.1) is 13.8 Å². The fourth-order valence-corrected chi connectivity index (χ4v) is 5.47. The molecule has 3 aromatic rings. The second-order valence-corrected chi connectivity index (χ2v) is 10.1. The summed E-state index contributed by atoms with van der Waals surface area (Å²) in [7, 11) is 0. The summed E-state index contributed by atoms with van der Waals surface area (Å²) in [6.07, 6.45) is -2.48. The van der Waals surface area contributed by atoms with Crippen molar-refractivity contribution in [2.75, 3.05) is 0 Å². The summed E-state index contributed by atoms with van der Waals surface area (Å²) in [4.78, 5) is 24.9. The minimum atomic E-state index is -4.36. The van der Waals surface area contributed by atoms with Gasteiger partial charge in [0.1, 0.15) is 11.5 Å². The third-order valence-corrected chi connectivity index (χ3v) is 7.66. The van der Waals surface area contributed by atoms with Crippen molar-refractivity contribution in [3.05, 3.63) is 85.6 Å². The fourth-order valence-electron chi connectivity index (χ4n) is 4.27. The number of aryl methyl sites for hydroxylation is 3. The molecule has 0 spiro atoms. The standard InChI is InChI=1S/C28H26F3NO4S/c1-16-12-22(9-6-19(16)7-11-25(33)34)36-21-5-3-4-18(13-21)15-32-27(35)26-17(2)23-14-20(28(29,30)31)8-10-24(23)37-26/h3-6,9,12-14H,7-8,10-11,15H2,1-2H3,(H,32,35)(H,33,34). The van der Waals surface area contributed by atoms with Gasteiger partial charge in [-0.25, -0.2) is 0 Å². The number of alkyl halides is 3. The molecule has 1 aromatic heterocycles. The van der Waals surface area contributed by atoms with E-state index in [4.69, 9.17) is 9.84 Å². The van der Waals surface area contributed by atoms with Crippen LogP contribution in [0.2, 0.25) is 0 Å². The summed E-state index contributed by atoms with van der Waals surface area (Å²) in [5.41, 5.74) is 3.20. The number of hydrogen-bond acceptors (Lipinski definition) is 4. The molecule has 0 saturated heterocycles. The number of nitrogens with one attached hydrogen (secondary N) is 1. The Morgan fingerprint density at radius 1 is 1.08 bits per heavy atom. The molecule has 194 valence electrons. The van der Waals surface area contributed by atoms with Gasteiger partial charge in [0.25, 0.3) is 5.91 Å². The molecule has 4 rings (SSSR count). The molecule has 0 bridgehead atoms. The Morgan fingerprint density at radius 3 is 2.54 bits per heavy atom. The van der Waals surface area contributed by atoms with Crippen molar-refractivity contribution < 1.29 is 32.6 Å². The lowest BCUT2D eigenvalue weighted by Crippen LogP contribution is -2.22. The van der Waals surface area contributed by atoms with E-state index in [0.29, 0.717) is 33.9 Å². The van der Waals surface area contributed by atoms with Crippen LogP contribution >= 0.6 is 11.3 Å². The van der Waals surface area contributed by atoms with Crippen molar-refractivity contribution in [3.63, 3.8) is 0 Å². The van der Waals surface area contributed by atoms with Gasteiger partial charge in [-0.3, -0.25) is 9.59 Å². The number of hydrogen-bond donors (Lipinski definition) is 2. The molecule has 2 N–H and O–H groups in total. The van der Waals surface area contributed by atoms with Gasteiger partial charge in [-0.2, -0.15) is 13.2 Å². The third-order valence-electron chi connectivity index (χ3n) is 6.29. The number of allylic oxidation sites excluding steroid dienone is 1. The SMILES string of the molecule is Cc1cc(Oc2cccc(CNC(=O)c3sc4c(c3C)C=C(C(F)(F)F)CC4)c2)ccc1CCC(=O)O. The second kappa shape index (κ2) is 10.8. The van der Waals surface area contributed by atoms with Crippen molar-refractivity contribution in [1.29, 1.82) is 0 Å². The van der Waals surface area contributed by atoms with E-state index in [2.05, 4.69) is 5.32 Å². The largest absolute Gasteiger partial charge is 0.481 e. The molecular formula is C28H26F3NO4S. The number of benzene rings is 2. The van der Waals surface area contributed by atoms with Crippen molar-refractivity contribution in [2.45, 2.75) is 52.3 Å². The predicted octanol–water partition coefficient (Wildman–Crippen LogP) is 7.00. The number of fused-ring (bicyclic) bond motifs is 1. The highest BCUT2D eigenvalue weighted by Gasteiger charge is 2.36. The monoisotopic (exact) mass is 529 g/mol. The van der Waals surface area contributed by atoms with Gasteiger partial charge in [0.05, 0.1) is 4.88 Å². The first-order chi connectivity index (χ1) is 17.5. The van der Waals surface area contributed by atoms with Crippen LogP contribution in [-0.4, -0.2) is 23.2 Å². The molecule has 5 nitrogen and oxygen atoms in total. The number of amides is 1. The summed E-state index contributed by atoms with van der Waals surface area (Å²) < 4.78 is 45.4. The Kier molecular flexibility index (Phi) is 7.73. The maximum atomic E-state index is 13.1. The Hall–Kier alpha value is -3.59. The number of carboxylic acid groups (broad SMARTS) is 1. The Balaban J connectivity index is 1.40. The molecule has 1 heterocycles. The lowest BCUT2D eigenvalue weighted by atomic mass is 9.95. The molecule has 1 amide bonds. The summed E-state index contributed by atoms with van der Waals surface area (Å²) >= 11 is 1.25. The van der Waals surface area contributed by atoms with Crippen molar-refractivity contribution in [2.24, 2.45) is 0 Å². The van der Waals surface area contributed by atoms with E-state index < -0.39 is 17.7 Å². The quantitative estimate of drug-likeness (QED) is 0.330. The molecule has 9 heteroatoms. The minimum Gasteiger partial charge on any atom is -0.481 e. The van der Waals surface area contributed by atoms with Crippen LogP contribution in [0.4, 0.5) is 13.2 Å². The third kappa shape index (κ3) is 6.40. The van der Waals surface area contributed by atoms with Crippen molar-refractivity contribution in [3.8, 4) is 11.5 Å². The highest BCUT2D eigenvalue weighted by molar-refractivity contribution is 7.14. The minimum absolute atomic E-state index is 0.0632. The molecular weight excluding hydrogens is 503 g/mol. The number of halogens is 3. The van der Waals surface area contributed by atoms with Crippen LogP contribution in [0.15, 0.2) is 48.0 Å². The van der Waals surface area contributed by atoms with E-state index in [1.165, 1.54) is 17.4 Å². The van der Waals surface area contributed by atoms with Gasteiger partial charge in [-0.15, -0.1) is 11.3 Å². The molecule has 37 heavy (non-hydrogen) atoms. The van der Waals surface area contributed by atoms with E-state index in [9.17, 15) is 22.8 Å². The Bertz CT molecular complexity index is 1370. The van der Waals surface area contributed by atoms with Gasteiger partial charge in [-0.05, 0) is 91.3 Å². The van der Waals surface area contributed by atoms with Gasteiger partial charge in [-0.1, -0.05) is 18.2 Å². The maximum Gasteiger partial charge on any atom is 0.412 e. The average Bonchev–Trinajstić information content (AvgIpc) is 3.17. The first kappa shape index (κ1) is 26.5. The smallest absolute Gasteiger partial charge is 0.412 e. The maximum absolute atomic E-state index is 13.1. The van der Waals surface area contributed by atoms with Gasteiger partial charge in [0.15, 0.2) is 0 Å². The summed E-state index contributed by atoms with van der Waals surface area (Å²) in [5, 5.41) is 11.7. The zero-order chi connectivity index (χ0) is 26.7. The Morgan fingerprint density at radius 2 is 1.84 bits per heavy atom. The molecule has 0 radical (unpaired) electrons. The zero-order valence-corrected chi connectivity index (χ0v) is 21.2. The number of carboxylic acids is 1. The number of carbonyl (C=O) groups excluding carboxylic acids is 1. The lowest BCUT2D eigenvalue weighted by Gasteiger charge is -2.16. The van der Waals surface area contributed by atoms with Gasteiger partial charge in [0.2, 0.25) is 0 Å². The highest BCUT2D eigenvalue weighted by Crippen LogP contribution is 2.40. The summed E-state index contributed by atoms with van der Waals surface area (Å²) in [5.74, 6) is 0.0310. The molecule has 2 aromatic carbocycles. The topological polar surface area (TPSA) is 75.6 Å². The van der Waals surface area contributed by atoms with Crippen LogP contribution < -0.4 is 10.1 Å². The lowest BCUT2D eigenvalue weighted by molar-refractivity contribution is -0.136. The van der Waals surface area contributed by atoms with Crippen molar-refractivity contribution in [1.82, 2.24) is 5.32 Å². The molecule has 1 aliphatic carbocycles. The molecule has 0 aliphatic heterocycles. The average molecular weight is 530 g/mol. The predicted molar refractivity (Wildman–Crippen MR) is 136 cm³/mol. The number of rotatable bonds is 8. The zero-order valence-electron chi connectivity index (χ0n) is 20.4. The number of aliphatic carboxylic acids is 1. The van der Waals surface area contributed by atoms with Crippen LogP contribution in [0.25, 0.3) is 6.08 Å². The second-order valence-electron chi connectivity index (χ2n) is 8.97. The number of thiophene rings is 1. The molecule has 0 saturated carbocycles. The molecule has 1 aliphatic rings. The fraction of sp³-hybridized carbons (Fsp3) is 0.286. The van der Waals surface area contributed by atoms with Crippen molar-refractivity contribution >= 4 is 29.3 Å². The molecule has 0 fully saturated rings. The number of carbonyl (C=O) groups is 2. The molecule has 0 unspecified atom stereocenters. The van der Waals surface area contributed by atoms with E-state index in [1.807, 2.05) is 31.2 Å². The summed E-state index contributed by atoms with van der Waals surface area (Å²) in [6, 6.07) is 12.7. The van der Waals surface area contributed by atoms with Gasteiger partial charge >= 0.3 is 12.1 Å². The van der Waals surface area contributed by atoms with E-state index in [0.717, 1.165) is 21.6 Å². The van der Waals surface area contributed by atoms with E-state index >= 15 is 0 Å². The summed E-state index contributed by atoms with van der Waals surface area (Å²) in [6.45, 7) is 3.82. The van der Waals surface area contributed by atoms with Crippen LogP contribution in [-0.2, 0) is 24.2 Å². The first-order valence-corrected chi connectivity index (χ1v) is 12.6.